The Hall–Kier alpha value is -3.48. The molecular weight excluding hydrogens is 370 g/mol. The minimum Gasteiger partial charge on any atom is -0.496 e. The Morgan fingerprint density at radius 2 is 2.17 bits per heavy atom. The van der Waals surface area contributed by atoms with Gasteiger partial charge in [0.2, 0.25) is 0 Å². The molecule has 9 nitrogen and oxygen atoms in total. The highest BCUT2D eigenvalue weighted by atomic mass is 16.5. The first-order valence-electron chi connectivity index (χ1n) is 9.19. The van der Waals surface area contributed by atoms with Crippen molar-refractivity contribution >= 4 is 11.6 Å². The summed E-state index contributed by atoms with van der Waals surface area (Å²) in [5.41, 5.74) is 3.05. The van der Waals surface area contributed by atoms with Gasteiger partial charge in [0.1, 0.15) is 17.6 Å². The highest BCUT2D eigenvalue weighted by Gasteiger charge is 2.21. The van der Waals surface area contributed by atoms with Crippen LogP contribution in [-0.4, -0.2) is 58.9 Å². The molecule has 148 valence electrons. The van der Waals surface area contributed by atoms with Crippen LogP contribution in [0.4, 0.5) is 11.6 Å². The quantitative estimate of drug-likeness (QED) is 0.682. The molecule has 1 aliphatic rings. The summed E-state index contributed by atoms with van der Waals surface area (Å²) in [5.74, 6) is 1.83. The average molecular weight is 391 g/mol. The van der Waals surface area contributed by atoms with E-state index in [-0.39, 0.29) is 11.8 Å². The van der Waals surface area contributed by atoms with Gasteiger partial charge in [-0.15, -0.1) is 0 Å². The Kier molecular flexibility index (Phi) is 5.37. The lowest BCUT2D eigenvalue weighted by Gasteiger charge is -2.30. The van der Waals surface area contributed by atoms with Gasteiger partial charge in [-0.05, 0) is 24.7 Å². The van der Waals surface area contributed by atoms with E-state index in [1.165, 1.54) is 12.4 Å². The number of hydrogen-bond acceptors (Lipinski definition) is 8. The number of H-pyrrole nitrogens is 1. The molecule has 1 atom stereocenters. The van der Waals surface area contributed by atoms with Gasteiger partial charge in [-0.3, -0.25) is 5.10 Å². The number of anilines is 2. The Labute approximate surface area is 168 Å². The number of rotatable bonds is 5. The lowest BCUT2D eigenvalue weighted by atomic mass is 10.0. The second kappa shape index (κ2) is 8.26. The zero-order valence-electron chi connectivity index (χ0n) is 16.2. The molecule has 0 spiro atoms. The molecule has 1 aromatic carbocycles. The number of methoxy groups -OCH3 is 1. The molecule has 2 aromatic heterocycles. The summed E-state index contributed by atoms with van der Waals surface area (Å²) in [7, 11) is 3.75. The monoisotopic (exact) mass is 391 g/mol. The molecule has 0 bridgehead atoms. The van der Waals surface area contributed by atoms with E-state index < -0.39 is 0 Å². The van der Waals surface area contributed by atoms with Crippen LogP contribution in [0.25, 0.3) is 11.3 Å². The van der Waals surface area contributed by atoms with Crippen LogP contribution < -0.4 is 10.1 Å². The molecule has 0 radical (unpaired) electrons. The zero-order chi connectivity index (χ0) is 20.2. The molecular formula is C20H21N7O2. The van der Waals surface area contributed by atoms with Gasteiger partial charge >= 0.3 is 0 Å². The predicted octanol–water partition coefficient (Wildman–Crippen LogP) is 2.49. The normalized spacial score (nSPS) is 16.9. The first-order chi connectivity index (χ1) is 14.2. The molecule has 29 heavy (non-hydrogen) atoms. The first kappa shape index (κ1) is 18.9. The van der Waals surface area contributed by atoms with Crippen LogP contribution in [0.2, 0.25) is 0 Å². The minimum atomic E-state index is 0.0330. The molecule has 1 fully saturated rings. The van der Waals surface area contributed by atoms with Crippen molar-refractivity contribution in [1.29, 1.82) is 5.26 Å². The van der Waals surface area contributed by atoms with E-state index in [1.807, 2.05) is 24.3 Å². The molecule has 0 saturated carbocycles. The standard InChI is InChI=1S/C20H21N7O2/c1-27-5-6-29-18(12-27)13-3-4-15(17(7-13)28-2)16-8-19(26-25-16)24-20-11-22-14(9-21)10-23-20/h3-4,7-8,10-11,18H,5-6,12H2,1-2H3,(H2,23,24,25,26)/t18-/m0/s1. The number of aromatic nitrogens is 4. The maximum absolute atomic E-state index is 8.80. The fourth-order valence-electron chi connectivity index (χ4n) is 3.22. The van der Waals surface area contributed by atoms with E-state index in [1.54, 1.807) is 7.11 Å². The summed E-state index contributed by atoms with van der Waals surface area (Å²) in [6, 6.07) is 9.88. The number of ether oxygens (including phenoxy) is 2. The van der Waals surface area contributed by atoms with Gasteiger partial charge in [0.25, 0.3) is 0 Å². The third kappa shape index (κ3) is 4.18. The van der Waals surface area contributed by atoms with Crippen molar-refractivity contribution in [3.8, 4) is 23.1 Å². The SMILES string of the molecule is COc1cc([C@@H]2CN(C)CCO2)ccc1-c1cc(Nc2cnc(C#N)cn2)n[nH]1. The van der Waals surface area contributed by atoms with Gasteiger partial charge in [0.15, 0.2) is 11.5 Å². The van der Waals surface area contributed by atoms with Crippen LogP contribution in [0.3, 0.4) is 0 Å². The molecule has 0 amide bonds. The van der Waals surface area contributed by atoms with Gasteiger partial charge in [0.05, 0.1) is 37.9 Å². The second-order valence-electron chi connectivity index (χ2n) is 6.77. The van der Waals surface area contributed by atoms with E-state index in [0.717, 1.165) is 42.3 Å². The molecule has 4 rings (SSSR count). The number of nitriles is 1. The Morgan fingerprint density at radius 1 is 1.28 bits per heavy atom. The molecule has 3 heterocycles. The third-order valence-corrected chi connectivity index (χ3v) is 4.76. The van der Waals surface area contributed by atoms with Crippen LogP contribution in [-0.2, 0) is 4.74 Å². The molecule has 0 aliphatic carbocycles. The summed E-state index contributed by atoms with van der Waals surface area (Å²) in [4.78, 5) is 10.4. The molecule has 3 aromatic rings. The van der Waals surface area contributed by atoms with Crippen molar-refractivity contribution in [2.24, 2.45) is 0 Å². The summed E-state index contributed by atoms with van der Waals surface area (Å²) in [6.07, 6.45) is 2.93. The highest BCUT2D eigenvalue weighted by molar-refractivity contribution is 5.71. The number of nitrogens with one attached hydrogen (secondary N) is 2. The Morgan fingerprint density at radius 3 is 2.90 bits per heavy atom. The minimum absolute atomic E-state index is 0.0330. The number of nitrogens with zero attached hydrogens (tertiary/aromatic N) is 5. The average Bonchev–Trinajstić information content (AvgIpc) is 3.22. The predicted molar refractivity (Wildman–Crippen MR) is 107 cm³/mol. The maximum atomic E-state index is 8.80. The molecule has 1 saturated heterocycles. The fraction of sp³-hybridized carbons (Fsp3) is 0.300. The summed E-state index contributed by atoms with van der Waals surface area (Å²) >= 11 is 0. The zero-order valence-corrected chi connectivity index (χ0v) is 16.2. The van der Waals surface area contributed by atoms with E-state index in [0.29, 0.717) is 11.6 Å². The van der Waals surface area contributed by atoms with Gasteiger partial charge in [-0.25, -0.2) is 9.97 Å². The van der Waals surface area contributed by atoms with E-state index in [9.17, 15) is 0 Å². The van der Waals surface area contributed by atoms with Gasteiger partial charge in [-0.1, -0.05) is 6.07 Å². The van der Waals surface area contributed by atoms with Crippen molar-refractivity contribution < 1.29 is 9.47 Å². The lowest BCUT2D eigenvalue weighted by molar-refractivity contribution is -0.0209. The first-order valence-corrected chi connectivity index (χ1v) is 9.19. The van der Waals surface area contributed by atoms with Crippen molar-refractivity contribution in [3.63, 3.8) is 0 Å². The fourth-order valence-corrected chi connectivity index (χ4v) is 3.22. The van der Waals surface area contributed by atoms with Gasteiger partial charge < -0.3 is 19.7 Å². The van der Waals surface area contributed by atoms with Crippen molar-refractivity contribution in [2.75, 3.05) is 39.2 Å². The van der Waals surface area contributed by atoms with Crippen LogP contribution >= 0.6 is 0 Å². The number of likely N-dealkylation sites (N-methyl/N-ethyl adjacent to an activating group) is 1. The lowest BCUT2D eigenvalue weighted by Crippen LogP contribution is -2.35. The number of aromatic amines is 1. The van der Waals surface area contributed by atoms with E-state index in [2.05, 4.69) is 43.5 Å². The van der Waals surface area contributed by atoms with Crippen LogP contribution in [0.15, 0.2) is 36.7 Å². The molecule has 9 heteroatoms. The van der Waals surface area contributed by atoms with Gasteiger partial charge in [0, 0.05) is 24.7 Å². The molecule has 1 aliphatic heterocycles. The number of benzene rings is 1. The summed E-state index contributed by atoms with van der Waals surface area (Å²) < 4.78 is 11.5. The topological polar surface area (TPSA) is 112 Å². The van der Waals surface area contributed by atoms with Crippen molar-refractivity contribution in [2.45, 2.75) is 6.10 Å². The van der Waals surface area contributed by atoms with E-state index >= 15 is 0 Å². The Balaban J connectivity index is 1.54. The van der Waals surface area contributed by atoms with Crippen LogP contribution in [0.5, 0.6) is 5.75 Å². The van der Waals surface area contributed by atoms with Crippen molar-refractivity contribution in [1.82, 2.24) is 25.1 Å². The Bertz CT molecular complexity index is 1030. The number of morpholine rings is 1. The van der Waals surface area contributed by atoms with E-state index in [4.69, 9.17) is 14.7 Å². The molecule has 2 N–H and O–H groups in total. The summed E-state index contributed by atoms with van der Waals surface area (Å²) in [6.45, 7) is 2.52. The van der Waals surface area contributed by atoms with Crippen LogP contribution in [0, 0.1) is 11.3 Å². The third-order valence-electron chi connectivity index (χ3n) is 4.76. The van der Waals surface area contributed by atoms with Gasteiger partial charge in [-0.2, -0.15) is 10.4 Å². The van der Waals surface area contributed by atoms with Crippen molar-refractivity contribution in [3.05, 3.63) is 47.9 Å². The summed E-state index contributed by atoms with van der Waals surface area (Å²) in [5, 5.41) is 19.1. The second-order valence-corrected chi connectivity index (χ2v) is 6.77. The highest BCUT2D eigenvalue weighted by Crippen LogP contribution is 2.34. The smallest absolute Gasteiger partial charge is 0.158 e. The number of hydrogen-bond donors (Lipinski definition) is 2. The largest absolute Gasteiger partial charge is 0.496 e. The van der Waals surface area contributed by atoms with Crippen LogP contribution in [0.1, 0.15) is 17.4 Å². The maximum Gasteiger partial charge on any atom is 0.158 e. The molecule has 0 unspecified atom stereocenters.